The van der Waals surface area contributed by atoms with Crippen LogP contribution < -0.4 is 0 Å². The van der Waals surface area contributed by atoms with E-state index in [9.17, 15) is 9.59 Å². The van der Waals surface area contributed by atoms with Crippen LogP contribution in [-0.4, -0.2) is 36.5 Å². The fourth-order valence-electron chi connectivity index (χ4n) is 1.94. The topological polar surface area (TPSA) is 46.6 Å². The predicted molar refractivity (Wildman–Crippen MR) is 60.8 cm³/mol. The average molecular weight is 227 g/mol. The number of hydrogen-bond acceptors (Lipinski definition) is 3. The second-order valence-electron chi connectivity index (χ2n) is 4.41. The van der Waals surface area contributed by atoms with Gasteiger partial charge in [-0.1, -0.05) is 6.92 Å². The van der Waals surface area contributed by atoms with Gasteiger partial charge in [0.05, 0.1) is 6.61 Å². The van der Waals surface area contributed by atoms with E-state index in [0.29, 0.717) is 13.0 Å². The molecule has 1 amide bonds. The lowest BCUT2D eigenvalue weighted by atomic mass is 9.86. The highest BCUT2D eigenvalue weighted by molar-refractivity contribution is 6.02. The molecule has 16 heavy (non-hydrogen) atoms. The van der Waals surface area contributed by atoms with Crippen LogP contribution in [0.5, 0.6) is 0 Å². The summed E-state index contributed by atoms with van der Waals surface area (Å²) in [6.45, 7) is 7.16. The molecule has 0 aromatic heterocycles. The van der Waals surface area contributed by atoms with Crippen molar-refractivity contribution in [2.75, 3.05) is 19.7 Å². The molecule has 1 aliphatic rings. The van der Waals surface area contributed by atoms with Gasteiger partial charge in [0.1, 0.15) is 5.41 Å². The molecule has 0 unspecified atom stereocenters. The van der Waals surface area contributed by atoms with Gasteiger partial charge in [-0.15, -0.1) is 0 Å². The fourth-order valence-corrected chi connectivity index (χ4v) is 1.94. The third kappa shape index (κ3) is 2.36. The van der Waals surface area contributed by atoms with Gasteiger partial charge in [-0.2, -0.15) is 0 Å². The second kappa shape index (κ2) is 5.32. The van der Waals surface area contributed by atoms with E-state index in [4.69, 9.17) is 4.74 Å². The van der Waals surface area contributed by atoms with Crippen LogP contribution in [0.3, 0.4) is 0 Å². The molecule has 0 aliphatic carbocycles. The minimum atomic E-state index is -1.000. The highest BCUT2D eigenvalue weighted by atomic mass is 16.5. The van der Waals surface area contributed by atoms with Crippen LogP contribution >= 0.6 is 0 Å². The van der Waals surface area contributed by atoms with Crippen molar-refractivity contribution >= 4 is 11.9 Å². The van der Waals surface area contributed by atoms with Crippen molar-refractivity contribution in [3.05, 3.63) is 0 Å². The molecule has 1 fully saturated rings. The zero-order chi connectivity index (χ0) is 12.2. The van der Waals surface area contributed by atoms with E-state index in [-0.39, 0.29) is 5.91 Å². The largest absolute Gasteiger partial charge is 0.465 e. The molecule has 1 saturated heterocycles. The lowest BCUT2D eigenvalue weighted by Gasteiger charge is -2.29. The number of nitrogens with zero attached hydrogens (tertiary/aromatic N) is 1. The first kappa shape index (κ1) is 13.0. The molecular weight excluding hydrogens is 206 g/mol. The quantitative estimate of drug-likeness (QED) is 0.541. The van der Waals surface area contributed by atoms with E-state index in [1.165, 1.54) is 0 Å². The maximum absolute atomic E-state index is 12.2. The Hall–Kier alpha value is -1.06. The summed E-state index contributed by atoms with van der Waals surface area (Å²) < 4.78 is 4.99. The van der Waals surface area contributed by atoms with Gasteiger partial charge in [0, 0.05) is 13.1 Å². The summed E-state index contributed by atoms with van der Waals surface area (Å²) in [5.74, 6) is -0.472. The number of esters is 1. The molecule has 0 spiro atoms. The standard InChI is InChI=1S/C12H21NO3/c1-4-12(3,11(15)16-5-2)10(14)13-8-6-7-9-13/h4-9H2,1-3H3/t12-/m0/s1. The van der Waals surface area contributed by atoms with Crippen molar-refractivity contribution in [2.24, 2.45) is 5.41 Å². The van der Waals surface area contributed by atoms with Gasteiger partial charge >= 0.3 is 5.97 Å². The highest BCUT2D eigenvalue weighted by Gasteiger charge is 2.43. The van der Waals surface area contributed by atoms with Crippen molar-refractivity contribution in [2.45, 2.75) is 40.0 Å². The first-order valence-corrected chi connectivity index (χ1v) is 6.02. The van der Waals surface area contributed by atoms with E-state index in [0.717, 1.165) is 25.9 Å². The molecule has 0 radical (unpaired) electrons. The molecule has 0 aromatic carbocycles. The number of likely N-dealkylation sites (tertiary alicyclic amines) is 1. The Bertz CT molecular complexity index is 271. The molecule has 0 saturated carbocycles. The number of carbonyl (C=O) groups is 2. The van der Waals surface area contributed by atoms with Crippen molar-refractivity contribution in [3.63, 3.8) is 0 Å². The van der Waals surface area contributed by atoms with Gasteiger partial charge < -0.3 is 9.64 Å². The zero-order valence-electron chi connectivity index (χ0n) is 10.4. The van der Waals surface area contributed by atoms with Crippen LogP contribution in [0.15, 0.2) is 0 Å². The number of rotatable bonds is 4. The molecule has 0 aromatic rings. The molecule has 1 aliphatic heterocycles. The van der Waals surface area contributed by atoms with Gasteiger partial charge in [-0.25, -0.2) is 0 Å². The molecule has 1 heterocycles. The summed E-state index contributed by atoms with van der Waals surface area (Å²) in [5, 5.41) is 0. The molecule has 1 rings (SSSR count). The minimum Gasteiger partial charge on any atom is -0.465 e. The Morgan fingerprint density at radius 3 is 2.25 bits per heavy atom. The minimum absolute atomic E-state index is 0.0778. The number of carbonyl (C=O) groups excluding carboxylic acids is 2. The summed E-state index contributed by atoms with van der Waals surface area (Å²) in [4.78, 5) is 25.8. The monoisotopic (exact) mass is 227 g/mol. The summed E-state index contributed by atoms with van der Waals surface area (Å²) in [6.07, 6.45) is 2.56. The van der Waals surface area contributed by atoms with Crippen molar-refractivity contribution in [1.82, 2.24) is 4.90 Å². The normalized spacial score (nSPS) is 19.3. The van der Waals surface area contributed by atoms with Crippen LogP contribution in [0.25, 0.3) is 0 Å². The Morgan fingerprint density at radius 2 is 1.81 bits per heavy atom. The molecule has 1 atom stereocenters. The molecular formula is C12H21NO3. The summed E-state index contributed by atoms with van der Waals surface area (Å²) in [5.41, 5.74) is -1.000. The lowest BCUT2D eigenvalue weighted by Crippen LogP contribution is -2.46. The van der Waals surface area contributed by atoms with Crippen LogP contribution in [0.4, 0.5) is 0 Å². The Morgan fingerprint density at radius 1 is 1.25 bits per heavy atom. The fraction of sp³-hybridized carbons (Fsp3) is 0.833. The summed E-state index contributed by atoms with van der Waals surface area (Å²) in [6, 6.07) is 0. The Kier molecular flexibility index (Phi) is 4.33. The maximum Gasteiger partial charge on any atom is 0.321 e. The SMILES string of the molecule is CCOC(=O)[C@@](C)(CC)C(=O)N1CCCC1. The van der Waals surface area contributed by atoms with Gasteiger partial charge in [0.25, 0.3) is 0 Å². The van der Waals surface area contributed by atoms with Gasteiger partial charge in [-0.05, 0) is 33.1 Å². The first-order chi connectivity index (χ1) is 7.56. The van der Waals surface area contributed by atoms with Crippen LogP contribution in [0.1, 0.15) is 40.0 Å². The number of ether oxygens (including phenoxy) is 1. The molecule has 92 valence electrons. The van der Waals surface area contributed by atoms with Crippen molar-refractivity contribution in [1.29, 1.82) is 0 Å². The van der Waals surface area contributed by atoms with Gasteiger partial charge in [0.2, 0.25) is 5.91 Å². The Labute approximate surface area is 96.9 Å². The molecule has 4 heteroatoms. The van der Waals surface area contributed by atoms with Gasteiger partial charge in [0.15, 0.2) is 0 Å². The van der Waals surface area contributed by atoms with E-state index < -0.39 is 11.4 Å². The maximum atomic E-state index is 12.2. The van der Waals surface area contributed by atoms with Crippen LogP contribution in [0.2, 0.25) is 0 Å². The average Bonchev–Trinajstić information content (AvgIpc) is 2.80. The van der Waals surface area contributed by atoms with Crippen molar-refractivity contribution < 1.29 is 14.3 Å². The number of hydrogen-bond donors (Lipinski definition) is 0. The zero-order valence-corrected chi connectivity index (χ0v) is 10.4. The Balaban J connectivity index is 2.77. The van der Waals surface area contributed by atoms with E-state index >= 15 is 0 Å². The lowest BCUT2D eigenvalue weighted by molar-refractivity contribution is -0.163. The van der Waals surface area contributed by atoms with Gasteiger partial charge in [-0.3, -0.25) is 9.59 Å². The highest BCUT2D eigenvalue weighted by Crippen LogP contribution is 2.28. The van der Waals surface area contributed by atoms with Crippen LogP contribution in [0, 0.1) is 5.41 Å². The van der Waals surface area contributed by atoms with Crippen LogP contribution in [-0.2, 0) is 14.3 Å². The van der Waals surface area contributed by atoms with E-state index in [2.05, 4.69) is 0 Å². The second-order valence-corrected chi connectivity index (χ2v) is 4.41. The van der Waals surface area contributed by atoms with E-state index in [1.54, 1.807) is 18.7 Å². The molecule has 0 bridgehead atoms. The molecule has 0 N–H and O–H groups in total. The van der Waals surface area contributed by atoms with Crippen molar-refractivity contribution in [3.8, 4) is 0 Å². The van der Waals surface area contributed by atoms with E-state index in [1.807, 2.05) is 6.92 Å². The first-order valence-electron chi connectivity index (χ1n) is 6.02. The third-order valence-electron chi connectivity index (χ3n) is 3.30. The molecule has 4 nitrogen and oxygen atoms in total. The smallest absolute Gasteiger partial charge is 0.321 e. The predicted octanol–water partition coefficient (Wildman–Crippen LogP) is 1.59. The summed E-state index contributed by atoms with van der Waals surface area (Å²) >= 11 is 0. The number of amides is 1. The summed E-state index contributed by atoms with van der Waals surface area (Å²) in [7, 11) is 0. The third-order valence-corrected chi connectivity index (χ3v) is 3.30.